The maximum Gasteiger partial charge on any atom is 0.387 e. The molecule has 0 saturated carbocycles. The van der Waals surface area contributed by atoms with Crippen molar-refractivity contribution >= 4 is 12.0 Å². The number of carbonyl (C=O) groups is 1. The third kappa shape index (κ3) is 5.95. The molecule has 0 radical (unpaired) electrons. The Hall–Kier alpha value is -2.37. The number of hydrogen-bond donors (Lipinski definition) is 2. The SMILES string of the molecule is C=C(N/C(=C/NC)CC(C)C=O)c1ccc(OC(F)F)cc1. The molecule has 1 rings (SSSR count). The zero-order valence-electron chi connectivity index (χ0n) is 12.6. The third-order valence-corrected chi connectivity index (χ3v) is 2.83. The first-order valence-corrected chi connectivity index (χ1v) is 6.79. The maximum atomic E-state index is 12.1. The van der Waals surface area contributed by atoms with Gasteiger partial charge in [0.25, 0.3) is 0 Å². The second kappa shape index (κ2) is 8.81. The molecule has 2 N–H and O–H groups in total. The molecule has 0 aliphatic carbocycles. The van der Waals surface area contributed by atoms with Crippen LogP contribution < -0.4 is 15.4 Å². The summed E-state index contributed by atoms with van der Waals surface area (Å²) >= 11 is 0. The Labute approximate surface area is 128 Å². The number of allylic oxidation sites excluding steroid dienone is 1. The molecule has 1 unspecified atom stereocenters. The van der Waals surface area contributed by atoms with Gasteiger partial charge in [0, 0.05) is 30.6 Å². The molecule has 0 heterocycles. The van der Waals surface area contributed by atoms with E-state index >= 15 is 0 Å². The number of nitrogens with one attached hydrogen (secondary N) is 2. The van der Waals surface area contributed by atoms with Gasteiger partial charge in [-0.25, -0.2) is 0 Å². The minimum absolute atomic E-state index is 0.0899. The van der Waals surface area contributed by atoms with Crippen LogP contribution in [0.1, 0.15) is 18.9 Å². The zero-order valence-corrected chi connectivity index (χ0v) is 12.6. The highest BCUT2D eigenvalue weighted by atomic mass is 19.3. The summed E-state index contributed by atoms with van der Waals surface area (Å²) in [5, 5.41) is 6.02. The van der Waals surface area contributed by atoms with Gasteiger partial charge in [0.05, 0.1) is 0 Å². The lowest BCUT2D eigenvalue weighted by molar-refractivity contribution is -0.110. The molecule has 0 bridgehead atoms. The topological polar surface area (TPSA) is 50.4 Å². The standard InChI is InChI=1S/C16H20F2N2O2/c1-11(10-21)8-14(9-19-3)20-12(2)13-4-6-15(7-5-13)22-16(17)18/h4-7,9-11,16,19-20H,2,8H2,1,3H3/b14-9+. The lowest BCUT2D eigenvalue weighted by Crippen LogP contribution is -2.16. The molecule has 1 aromatic carbocycles. The second-order valence-corrected chi connectivity index (χ2v) is 4.78. The number of aldehydes is 1. The Morgan fingerprint density at radius 2 is 2.00 bits per heavy atom. The Balaban J connectivity index is 2.73. The summed E-state index contributed by atoms with van der Waals surface area (Å²) in [6.45, 7) is 2.89. The smallest absolute Gasteiger partial charge is 0.387 e. The van der Waals surface area contributed by atoms with E-state index in [0.717, 1.165) is 17.5 Å². The molecule has 0 aliphatic heterocycles. The number of rotatable bonds is 9. The fraction of sp³-hybridized carbons (Fsp3) is 0.312. The predicted molar refractivity (Wildman–Crippen MR) is 82.2 cm³/mol. The van der Waals surface area contributed by atoms with Gasteiger partial charge in [0.1, 0.15) is 12.0 Å². The maximum absolute atomic E-state index is 12.1. The highest BCUT2D eigenvalue weighted by Crippen LogP contribution is 2.19. The number of alkyl halides is 2. The molecule has 0 amide bonds. The van der Waals surface area contributed by atoms with Crippen LogP contribution >= 0.6 is 0 Å². The number of halogens is 2. The lowest BCUT2D eigenvalue weighted by atomic mass is 10.1. The molecule has 22 heavy (non-hydrogen) atoms. The largest absolute Gasteiger partial charge is 0.435 e. The van der Waals surface area contributed by atoms with E-state index in [-0.39, 0.29) is 11.7 Å². The molecule has 0 saturated heterocycles. The van der Waals surface area contributed by atoms with Gasteiger partial charge in [-0.15, -0.1) is 0 Å². The lowest BCUT2D eigenvalue weighted by Gasteiger charge is -2.15. The van der Waals surface area contributed by atoms with Crippen LogP contribution in [-0.4, -0.2) is 19.9 Å². The van der Waals surface area contributed by atoms with Crippen molar-refractivity contribution in [3.05, 3.63) is 48.3 Å². The summed E-state index contributed by atoms with van der Waals surface area (Å²) in [4.78, 5) is 10.8. The Morgan fingerprint density at radius 1 is 1.36 bits per heavy atom. The molecule has 120 valence electrons. The van der Waals surface area contributed by atoms with Crippen LogP contribution in [0.15, 0.2) is 42.7 Å². The molecular formula is C16H20F2N2O2. The van der Waals surface area contributed by atoms with E-state index in [0.29, 0.717) is 12.1 Å². The Kier molecular flexibility index (Phi) is 7.08. The predicted octanol–water partition coefficient (Wildman–Crippen LogP) is 3.13. The Bertz CT molecular complexity index is 527. The minimum atomic E-state index is -2.85. The molecule has 4 nitrogen and oxygen atoms in total. The first-order chi connectivity index (χ1) is 10.5. The van der Waals surface area contributed by atoms with Crippen molar-refractivity contribution in [2.45, 2.75) is 20.0 Å². The molecular weight excluding hydrogens is 290 g/mol. The van der Waals surface area contributed by atoms with Gasteiger partial charge in [-0.3, -0.25) is 0 Å². The second-order valence-electron chi connectivity index (χ2n) is 4.78. The fourth-order valence-electron chi connectivity index (χ4n) is 1.82. The van der Waals surface area contributed by atoms with Crippen LogP contribution in [-0.2, 0) is 4.79 Å². The average Bonchev–Trinajstić information content (AvgIpc) is 2.47. The normalized spacial score (nSPS) is 12.7. The van der Waals surface area contributed by atoms with Crippen molar-refractivity contribution in [3.63, 3.8) is 0 Å². The van der Waals surface area contributed by atoms with Crippen molar-refractivity contribution in [1.82, 2.24) is 10.6 Å². The number of ether oxygens (including phenoxy) is 1. The van der Waals surface area contributed by atoms with Crippen molar-refractivity contribution < 1.29 is 18.3 Å². The first-order valence-electron chi connectivity index (χ1n) is 6.79. The summed E-state index contributed by atoms with van der Waals surface area (Å²) < 4.78 is 28.5. The number of hydrogen-bond acceptors (Lipinski definition) is 4. The van der Waals surface area contributed by atoms with E-state index in [1.165, 1.54) is 12.1 Å². The summed E-state index contributed by atoms with van der Waals surface area (Å²) in [6, 6.07) is 6.16. The van der Waals surface area contributed by atoms with E-state index in [1.54, 1.807) is 25.4 Å². The van der Waals surface area contributed by atoms with E-state index in [2.05, 4.69) is 21.9 Å². The van der Waals surface area contributed by atoms with E-state index < -0.39 is 6.61 Å². The van der Waals surface area contributed by atoms with Gasteiger partial charge in [-0.1, -0.05) is 13.5 Å². The molecule has 1 aromatic rings. The first kappa shape index (κ1) is 17.7. The Morgan fingerprint density at radius 3 is 2.50 bits per heavy atom. The van der Waals surface area contributed by atoms with Crippen LogP contribution in [0.5, 0.6) is 5.75 Å². The van der Waals surface area contributed by atoms with Crippen LogP contribution in [0.4, 0.5) is 8.78 Å². The molecule has 0 aliphatic rings. The van der Waals surface area contributed by atoms with Gasteiger partial charge in [0.15, 0.2) is 0 Å². The van der Waals surface area contributed by atoms with Gasteiger partial charge in [-0.05, 0) is 36.2 Å². The average molecular weight is 310 g/mol. The number of benzene rings is 1. The van der Waals surface area contributed by atoms with E-state index in [9.17, 15) is 13.6 Å². The third-order valence-electron chi connectivity index (χ3n) is 2.83. The van der Waals surface area contributed by atoms with E-state index in [4.69, 9.17) is 0 Å². The highest BCUT2D eigenvalue weighted by Gasteiger charge is 2.08. The monoisotopic (exact) mass is 310 g/mol. The van der Waals surface area contributed by atoms with Crippen LogP contribution in [0.3, 0.4) is 0 Å². The van der Waals surface area contributed by atoms with E-state index in [1.807, 2.05) is 6.92 Å². The molecule has 1 atom stereocenters. The van der Waals surface area contributed by atoms with Crippen LogP contribution in [0.25, 0.3) is 5.70 Å². The van der Waals surface area contributed by atoms with Crippen molar-refractivity contribution in [3.8, 4) is 5.75 Å². The van der Waals surface area contributed by atoms with Crippen LogP contribution in [0.2, 0.25) is 0 Å². The summed E-state index contributed by atoms with van der Waals surface area (Å²) in [6.07, 6.45) is 3.17. The molecule has 0 aromatic heterocycles. The molecule has 0 fully saturated rings. The number of carbonyl (C=O) groups excluding carboxylic acids is 1. The quantitative estimate of drug-likeness (QED) is 0.688. The molecule has 6 heteroatoms. The van der Waals surface area contributed by atoms with Crippen molar-refractivity contribution in [1.29, 1.82) is 0 Å². The summed E-state index contributed by atoms with van der Waals surface area (Å²) in [5.41, 5.74) is 2.14. The van der Waals surface area contributed by atoms with Gasteiger partial charge < -0.3 is 20.2 Å². The van der Waals surface area contributed by atoms with Crippen molar-refractivity contribution in [2.24, 2.45) is 5.92 Å². The summed E-state index contributed by atoms with van der Waals surface area (Å²) in [7, 11) is 1.76. The highest BCUT2D eigenvalue weighted by molar-refractivity contribution is 5.64. The van der Waals surface area contributed by atoms with Crippen LogP contribution in [0, 0.1) is 5.92 Å². The van der Waals surface area contributed by atoms with Gasteiger partial charge in [-0.2, -0.15) is 8.78 Å². The van der Waals surface area contributed by atoms with Gasteiger partial charge in [0.2, 0.25) is 0 Å². The van der Waals surface area contributed by atoms with Gasteiger partial charge >= 0.3 is 6.61 Å². The fourth-order valence-corrected chi connectivity index (χ4v) is 1.82. The minimum Gasteiger partial charge on any atom is -0.435 e. The molecule has 0 spiro atoms. The zero-order chi connectivity index (χ0) is 16.5. The summed E-state index contributed by atoms with van der Waals surface area (Å²) in [5.74, 6) is -0.0335. The van der Waals surface area contributed by atoms with Crippen molar-refractivity contribution in [2.75, 3.05) is 7.05 Å².